The summed E-state index contributed by atoms with van der Waals surface area (Å²) in [6.07, 6.45) is 0. The molecule has 1 aliphatic rings. The third kappa shape index (κ3) is 3.56. The Bertz CT molecular complexity index is 1180. The lowest BCUT2D eigenvalue weighted by Crippen LogP contribution is -2.24. The minimum absolute atomic E-state index is 0.136. The predicted molar refractivity (Wildman–Crippen MR) is 105 cm³/mol. The van der Waals surface area contributed by atoms with Crippen LogP contribution in [0.5, 0.6) is 0 Å². The van der Waals surface area contributed by atoms with E-state index in [-0.39, 0.29) is 44.6 Å². The summed E-state index contributed by atoms with van der Waals surface area (Å²) in [6, 6.07) is 14.3. The molecule has 0 radical (unpaired) electrons. The Balaban J connectivity index is 1.57. The molecular weight excluding hydrogens is 396 g/mol. The molecule has 0 spiro atoms. The number of fused-ring (bicyclic) bond motifs is 2. The maximum atomic E-state index is 13.7. The molecule has 29 heavy (non-hydrogen) atoms. The molecule has 0 heterocycles. The minimum atomic E-state index is -0.753. The van der Waals surface area contributed by atoms with Crippen molar-refractivity contribution in [3.8, 4) is 0 Å². The molecule has 4 nitrogen and oxygen atoms in total. The lowest BCUT2D eigenvalue weighted by atomic mass is 9.83. The van der Waals surface area contributed by atoms with Crippen LogP contribution in [0.1, 0.15) is 31.8 Å². The van der Waals surface area contributed by atoms with Gasteiger partial charge in [-0.05, 0) is 18.2 Å². The van der Waals surface area contributed by atoms with Crippen LogP contribution in [0.4, 0.5) is 14.5 Å². The van der Waals surface area contributed by atoms with Gasteiger partial charge in [-0.1, -0.05) is 36.4 Å². The summed E-state index contributed by atoms with van der Waals surface area (Å²) >= 11 is 0.905. The molecule has 1 N–H and O–H groups in total. The van der Waals surface area contributed by atoms with Gasteiger partial charge in [0.2, 0.25) is 5.91 Å². The summed E-state index contributed by atoms with van der Waals surface area (Å²) < 4.78 is 26.7. The van der Waals surface area contributed by atoms with E-state index in [0.29, 0.717) is 5.56 Å². The van der Waals surface area contributed by atoms with E-state index in [4.69, 9.17) is 0 Å². The zero-order chi connectivity index (χ0) is 20.5. The Labute approximate surface area is 168 Å². The Morgan fingerprint density at radius 2 is 1.55 bits per heavy atom. The summed E-state index contributed by atoms with van der Waals surface area (Å²) in [5, 5.41) is 2.62. The molecule has 3 aromatic carbocycles. The molecule has 0 fully saturated rings. The molecule has 0 unspecified atom stereocenters. The first-order valence-electron chi connectivity index (χ1n) is 8.65. The van der Waals surface area contributed by atoms with Gasteiger partial charge in [0, 0.05) is 27.7 Å². The van der Waals surface area contributed by atoms with Crippen LogP contribution in [-0.4, -0.2) is 23.2 Å². The third-order valence-corrected chi connectivity index (χ3v) is 5.53. The van der Waals surface area contributed by atoms with E-state index in [9.17, 15) is 23.2 Å². The van der Waals surface area contributed by atoms with Gasteiger partial charge in [0.05, 0.1) is 17.0 Å². The van der Waals surface area contributed by atoms with Crippen molar-refractivity contribution in [2.24, 2.45) is 0 Å². The van der Waals surface area contributed by atoms with Gasteiger partial charge in [0.15, 0.2) is 11.6 Å². The van der Waals surface area contributed by atoms with Gasteiger partial charge < -0.3 is 5.32 Å². The quantitative estimate of drug-likeness (QED) is 0.505. The molecule has 0 saturated carbocycles. The smallest absolute Gasteiger partial charge is 0.234 e. The molecule has 0 bridgehead atoms. The molecule has 0 aromatic heterocycles. The average molecular weight is 409 g/mol. The number of thioether (sulfide) groups is 1. The minimum Gasteiger partial charge on any atom is -0.325 e. The van der Waals surface area contributed by atoms with Crippen molar-refractivity contribution in [2.45, 2.75) is 4.90 Å². The highest BCUT2D eigenvalue weighted by molar-refractivity contribution is 8.00. The zero-order valence-electron chi connectivity index (χ0n) is 14.9. The number of hydrogen-bond donors (Lipinski definition) is 1. The van der Waals surface area contributed by atoms with Crippen molar-refractivity contribution in [2.75, 3.05) is 11.1 Å². The number of rotatable bonds is 4. The normalized spacial score (nSPS) is 12.3. The fourth-order valence-corrected chi connectivity index (χ4v) is 3.89. The Kier molecular flexibility index (Phi) is 4.98. The average Bonchev–Trinajstić information content (AvgIpc) is 2.71. The van der Waals surface area contributed by atoms with Crippen LogP contribution in [0.15, 0.2) is 65.6 Å². The van der Waals surface area contributed by atoms with Crippen LogP contribution in [-0.2, 0) is 4.79 Å². The number of carbonyl (C=O) groups excluding carboxylic acids is 3. The first-order chi connectivity index (χ1) is 14.0. The number of halogens is 2. The number of nitrogens with one attached hydrogen (secondary N) is 1. The molecule has 144 valence electrons. The predicted octanol–water partition coefficient (Wildman–Crippen LogP) is 4.47. The topological polar surface area (TPSA) is 63.2 Å². The van der Waals surface area contributed by atoms with Crippen molar-refractivity contribution in [3.63, 3.8) is 0 Å². The van der Waals surface area contributed by atoms with Gasteiger partial charge in [-0.25, -0.2) is 8.78 Å². The number of carbonyl (C=O) groups is 3. The van der Waals surface area contributed by atoms with Gasteiger partial charge in [-0.2, -0.15) is 0 Å². The number of ketones is 2. The fraction of sp³-hybridized carbons (Fsp3) is 0.0455. The summed E-state index contributed by atoms with van der Waals surface area (Å²) in [5.74, 6) is -2.71. The van der Waals surface area contributed by atoms with Crippen LogP contribution in [0.2, 0.25) is 0 Å². The molecular formula is C22H13F2NO3S. The van der Waals surface area contributed by atoms with Gasteiger partial charge in [0.1, 0.15) is 11.6 Å². The van der Waals surface area contributed by atoms with E-state index in [0.717, 1.165) is 23.9 Å². The molecule has 7 heteroatoms. The third-order valence-electron chi connectivity index (χ3n) is 4.48. The molecule has 0 saturated heterocycles. The van der Waals surface area contributed by atoms with E-state index < -0.39 is 17.5 Å². The molecule has 4 rings (SSSR count). The van der Waals surface area contributed by atoms with Crippen molar-refractivity contribution >= 4 is 34.9 Å². The van der Waals surface area contributed by atoms with E-state index in [1.54, 1.807) is 42.5 Å². The van der Waals surface area contributed by atoms with Crippen LogP contribution >= 0.6 is 11.8 Å². The Hall–Kier alpha value is -3.32. The Morgan fingerprint density at radius 3 is 2.28 bits per heavy atom. The second-order valence-electron chi connectivity index (χ2n) is 6.34. The zero-order valence-corrected chi connectivity index (χ0v) is 15.7. The van der Waals surface area contributed by atoms with Gasteiger partial charge in [0.25, 0.3) is 0 Å². The van der Waals surface area contributed by atoms with Gasteiger partial charge in [-0.3, -0.25) is 14.4 Å². The SMILES string of the molecule is O=C(CSc1ccc(F)cc1F)Nc1cccc2c1C(=O)c1ccccc1C2=O. The van der Waals surface area contributed by atoms with Crippen LogP contribution in [0.25, 0.3) is 0 Å². The number of anilines is 1. The van der Waals surface area contributed by atoms with Gasteiger partial charge in [-0.15, -0.1) is 11.8 Å². The fourth-order valence-electron chi connectivity index (χ4n) is 3.17. The summed E-state index contributed by atoms with van der Waals surface area (Å²) in [6.45, 7) is 0. The molecule has 0 atom stereocenters. The Morgan fingerprint density at radius 1 is 0.862 bits per heavy atom. The monoisotopic (exact) mass is 409 g/mol. The van der Waals surface area contributed by atoms with E-state index in [2.05, 4.69) is 5.32 Å². The molecule has 0 aliphatic heterocycles. The number of hydrogen-bond acceptors (Lipinski definition) is 4. The molecule has 1 amide bonds. The van der Waals surface area contributed by atoms with E-state index >= 15 is 0 Å². The van der Waals surface area contributed by atoms with Crippen molar-refractivity contribution in [1.29, 1.82) is 0 Å². The summed E-state index contributed by atoms with van der Waals surface area (Å²) in [4.78, 5) is 38.1. The molecule has 3 aromatic rings. The molecule has 1 aliphatic carbocycles. The second kappa shape index (κ2) is 7.60. The number of amides is 1. The van der Waals surface area contributed by atoms with Crippen LogP contribution in [0, 0.1) is 11.6 Å². The highest BCUT2D eigenvalue weighted by Crippen LogP contribution is 2.32. The maximum Gasteiger partial charge on any atom is 0.234 e. The van der Waals surface area contributed by atoms with Gasteiger partial charge >= 0.3 is 0 Å². The first kappa shape index (κ1) is 19.0. The highest BCUT2D eigenvalue weighted by Gasteiger charge is 2.31. The largest absolute Gasteiger partial charge is 0.325 e. The first-order valence-corrected chi connectivity index (χ1v) is 9.63. The summed E-state index contributed by atoms with van der Waals surface area (Å²) in [7, 11) is 0. The van der Waals surface area contributed by atoms with Crippen molar-refractivity contribution in [3.05, 3.63) is 94.6 Å². The van der Waals surface area contributed by atoms with E-state index in [1.165, 1.54) is 6.07 Å². The van der Waals surface area contributed by atoms with E-state index in [1.807, 2.05) is 0 Å². The number of benzene rings is 3. The lowest BCUT2D eigenvalue weighted by Gasteiger charge is -2.20. The van der Waals surface area contributed by atoms with Crippen LogP contribution in [0.3, 0.4) is 0 Å². The maximum absolute atomic E-state index is 13.7. The van der Waals surface area contributed by atoms with Crippen molar-refractivity contribution in [1.82, 2.24) is 0 Å². The standard InChI is InChI=1S/C22H13F2NO3S/c23-12-8-9-18(16(24)10-12)29-11-19(26)25-17-7-3-6-15-20(17)22(28)14-5-2-1-4-13(14)21(15)27/h1-10H,11H2,(H,25,26). The summed E-state index contributed by atoms with van der Waals surface area (Å²) in [5.41, 5.74) is 1.21. The highest BCUT2D eigenvalue weighted by atomic mass is 32.2. The lowest BCUT2D eigenvalue weighted by molar-refractivity contribution is -0.113. The van der Waals surface area contributed by atoms with Crippen LogP contribution < -0.4 is 5.32 Å². The van der Waals surface area contributed by atoms with Crippen molar-refractivity contribution < 1.29 is 23.2 Å². The second-order valence-corrected chi connectivity index (χ2v) is 7.36.